The number of rotatable bonds is 9. The standard InChI is InChI=1S/C26H41N3O4/c1-9-11-18(4)27-23(30)22(21-16(2)12-10-13-17(21)3)29(20-14-15-20)24(31)19(5)28-25(32)33-26(6,7)8/h10,12-13,18-20,22H,9,11,14-15H2,1-8H3,(H,27,30)(H,28,32). The van der Waals surface area contributed by atoms with Gasteiger partial charge in [0.2, 0.25) is 11.8 Å². The van der Waals surface area contributed by atoms with Gasteiger partial charge in [0, 0.05) is 12.1 Å². The maximum Gasteiger partial charge on any atom is 0.408 e. The molecule has 2 rings (SSSR count). The van der Waals surface area contributed by atoms with Crippen molar-refractivity contribution in [3.8, 4) is 0 Å². The lowest BCUT2D eigenvalue weighted by molar-refractivity contribution is -0.143. The number of alkyl carbamates (subject to hydrolysis) is 1. The van der Waals surface area contributed by atoms with Crippen molar-refractivity contribution in [3.05, 3.63) is 34.9 Å². The van der Waals surface area contributed by atoms with Crippen molar-refractivity contribution in [2.24, 2.45) is 0 Å². The summed E-state index contributed by atoms with van der Waals surface area (Å²) >= 11 is 0. The predicted octanol–water partition coefficient (Wildman–Crippen LogP) is 4.55. The van der Waals surface area contributed by atoms with E-state index < -0.39 is 23.8 Å². The topological polar surface area (TPSA) is 87.7 Å². The van der Waals surface area contributed by atoms with Crippen LogP contribution >= 0.6 is 0 Å². The molecule has 1 aliphatic carbocycles. The first-order valence-electron chi connectivity index (χ1n) is 12.0. The molecule has 7 nitrogen and oxygen atoms in total. The summed E-state index contributed by atoms with van der Waals surface area (Å²) in [6.45, 7) is 15.0. The van der Waals surface area contributed by atoms with Gasteiger partial charge in [0.25, 0.3) is 0 Å². The van der Waals surface area contributed by atoms with Crippen molar-refractivity contribution in [2.45, 2.75) is 111 Å². The molecule has 0 radical (unpaired) electrons. The lowest BCUT2D eigenvalue weighted by atomic mass is 9.93. The van der Waals surface area contributed by atoms with Gasteiger partial charge < -0.3 is 20.3 Å². The molecule has 1 aliphatic rings. The number of hydrogen-bond acceptors (Lipinski definition) is 4. The molecule has 0 aromatic heterocycles. The third-order valence-electron chi connectivity index (χ3n) is 5.75. The molecule has 3 amide bonds. The Labute approximate surface area is 198 Å². The molecular weight excluding hydrogens is 418 g/mol. The van der Waals surface area contributed by atoms with E-state index in [1.54, 1.807) is 32.6 Å². The lowest BCUT2D eigenvalue weighted by Crippen LogP contribution is -2.53. The number of benzene rings is 1. The van der Waals surface area contributed by atoms with Crippen molar-refractivity contribution in [3.63, 3.8) is 0 Å². The number of ether oxygens (including phenoxy) is 1. The van der Waals surface area contributed by atoms with Gasteiger partial charge >= 0.3 is 6.09 Å². The summed E-state index contributed by atoms with van der Waals surface area (Å²) in [4.78, 5) is 41.3. The molecule has 0 heterocycles. The number of hydrogen-bond donors (Lipinski definition) is 2. The summed E-state index contributed by atoms with van der Waals surface area (Å²) in [7, 11) is 0. The van der Waals surface area contributed by atoms with Crippen LogP contribution < -0.4 is 10.6 Å². The Bertz CT molecular complexity index is 837. The minimum absolute atomic E-state index is 0.00258. The van der Waals surface area contributed by atoms with Crippen molar-refractivity contribution in [2.75, 3.05) is 0 Å². The molecule has 1 saturated carbocycles. The van der Waals surface area contributed by atoms with Crippen LogP contribution in [0.25, 0.3) is 0 Å². The van der Waals surface area contributed by atoms with Crippen LogP contribution in [0.2, 0.25) is 0 Å². The van der Waals surface area contributed by atoms with E-state index in [2.05, 4.69) is 17.6 Å². The molecule has 2 N–H and O–H groups in total. The van der Waals surface area contributed by atoms with Gasteiger partial charge in [-0.3, -0.25) is 9.59 Å². The normalized spacial score (nSPS) is 16.4. The highest BCUT2D eigenvalue weighted by Crippen LogP contribution is 2.37. The van der Waals surface area contributed by atoms with E-state index in [0.717, 1.165) is 42.4 Å². The number of carbonyl (C=O) groups is 3. The van der Waals surface area contributed by atoms with E-state index in [-0.39, 0.29) is 23.9 Å². The maximum absolute atomic E-state index is 13.7. The van der Waals surface area contributed by atoms with Crippen molar-refractivity contribution in [1.82, 2.24) is 15.5 Å². The van der Waals surface area contributed by atoms with Gasteiger partial charge in [0.15, 0.2) is 0 Å². The molecule has 7 heteroatoms. The number of nitrogens with zero attached hydrogens (tertiary/aromatic N) is 1. The smallest absolute Gasteiger partial charge is 0.408 e. The summed E-state index contributed by atoms with van der Waals surface area (Å²) in [6.07, 6.45) is 2.84. The van der Waals surface area contributed by atoms with Crippen molar-refractivity contribution < 1.29 is 19.1 Å². The Kier molecular flexibility index (Phi) is 8.92. The maximum atomic E-state index is 13.7. The number of aryl methyl sites for hydroxylation is 2. The summed E-state index contributed by atoms with van der Waals surface area (Å²) in [5.41, 5.74) is 2.11. The molecule has 1 aromatic carbocycles. The fraction of sp³-hybridized carbons (Fsp3) is 0.654. The van der Waals surface area contributed by atoms with Gasteiger partial charge in [-0.25, -0.2) is 4.79 Å². The Hall–Kier alpha value is -2.57. The molecule has 1 aromatic rings. The van der Waals surface area contributed by atoms with Gasteiger partial charge in [-0.05, 0) is 84.4 Å². The van der Waals surface area contributed by atoms with Gasteiger partial charge in [-0.2, -0.15) is 0 Å². The van der Waals surface area contributed by atoms with Gasteiger partial charge in [0.05, 0.1) is 0 Å². The van der Waals surface area contributed by atoms with E-state index in [0.29, 0.717) is 0 Å². The van der Waals surface area contributed by atoms with E-state index in [1.165, 1.54) is 0 Å². The number of nitrogens with one attached hydrogen (secondary N) is 2. The van der Waals surface area contributed by atoms with Crippen LogP contribution in [0.15, 0.2) is 18.2 Å². The number of carbonyl (C=O) groups excluding carboxylic acids is 3. The first-order chi connectivity index (χ1) is 15.4. The molecule has 1 fully saturated rings. The summed E-state index contributed by atoms with van der Waals surface area (Å²) in [5.74, 6) is -0.465. The highest BCUT2D eigenvalue weighted by atomic mass is 16.6. The van der Waals surface area contributed by atoms with E-state index in [4.69, 9.17) is 4.74 Å². The first kappa shape index (κ1) is 26.7. The average molecular weight is 460 g/mol. The molecule has 0 saturated heterocycles. The lowest BCUT2D eigenvalue weighted by Gasteiger charge is -2.35. The van der Waals surface area contributed by atoms with Crippen LogP contribution in [0.3, 0.4) is 0 Å². The van der Waals surface area contributed by atoms with Crippen LogP contribution in [-0.4, -0.2) is 46.5 Å². The van der Waals surface area contributed by atoms with Crippen LogP contribution in [-0.2, 0) is 14.3 Å². The average Bonchev–Trinajstić information content (AvgIpc) is 3.50. The molecule has 3 atom stereocenters. The second-order valence-corrected chi connectivity index (χ2v) is 10.3. The molecular formula is C26H41N3O4. The first-order valence-corrected chi connectivity index (χ1v) is 12.0. The van der Waals surface area contributed by atoms with Crippen LogP contribution in [0, 0.1) is 13.8 Å². The fourth-order valence-corrected chi connectivity index (χ4v) is 4.12. The molecule has 184 valence electrons. The fourth-order valence-electron chi connectivity index (χ4n) is 4.12. The Morgan fingerprint density at radius 3 is 2.15 bits per heavy atom. The van der Waals surface area contributed by atoms with Gasteiger partial charge in [-0.1, -0.05) is 31.5 Å². The summed E-state index contributed by atoms with van der Waals surface area (Å²) < 4.78 is 5.32. The Balaban J connectivity index is 2.40. The van der Waals surface area contributed by atoms with Crippen molar-refractivity contribution >= 4 is 17.9 Å². The largest absolute Gasteiger partial charge is 0.444 e. The quantitative estimate of drug-likeness (QED) is 0.567. The summed E-state index contributed by atoms with van der Waals surface area (Å²) in [6, 6.07) is 4.28. The third kappa shape index (κ3) is 7.47. The minimum Gasteiger partial charge on any atom is -0.444 e. The van der Waals surface area contributed by atoms with E-state index in [1.807, 2.05) is 39.0 Å². The second-order valence-electron chi connectivity index (χ2n) is 10.3. The molecule has 33 heavy (non-hydrogen) atoms. The Morgan fingerprint density at radius 1 is 1.09 bits per heavy atom. The third-order valence-corrected chi connectivity index (χ3v) is 5.75. The van der Waals surface area contributed by atoms with Crippen LogP contribution in [0.4, 0.5) is 4.79 Å². The molecule has 0 bridgehead atoms. The van der Waals surface area contributed by atoms with Crippen LogP contribution in [0.5, 0.6) is 0 Å². The molecule has 3 unspecified atom stereocenters. The highest BCUT2D eigenvalue weighted by molar-refractivity contribution is 5.93. The van der Waals surface area contributed by atoms with Gasteiger partial charge in [-0.15, -0.1) is 0 Å². The molecule has 0 aliphatic heterocycles. The summed E-state index contributed by atoms with van der Waals surface area (Å²) in [5, 5.41) is 5.77. The minimum atomic E-state index is -0.826. The number of amides is 3. The zero-order valence-electron chi connectivity index (χ0n) is 21.5. The molecule has 0 spiro atoms. The second kappa shape index (κ2) is 11.0. The zero-order valence-corrected chi connectivity index (χ0v) is 21.5. The van der Waals surface area contributed by atoms with E-state index in [9.17, 15) is 14.4 Å². The van der Waals surface area contributed by atoms with Gasteiger partial charge in [0.1, 0.15) is 17.7 Å². The van der Waals surface area contributed by atoms with E-state index >= 15 is 0 Å². The monoisotopic (exact) mass is 459 g/mol. The van der Waals surface area contributed by atoms with Crippen molar-refractivity contribution in [1.29, 1.82) is 0 Å². The SMILES string of the molecule is CCCC(C)NC(=O)C(c1c(C)cccc1C)N(C(=O)C(C)NC(=O)OC(C)(C)C)C1CC1. The predicted molar refractivity (Wildman–Crippen MR) is 130 cm³/mol. The highest BCUT2D eigenvalue weighted by Gasteiger charge is 2.44. The zero-order chi connectivity index (χ0) is 24.9. The Morgan fingerprint density at radius 2 is 1.67 bits per heavy atom. The van der Waals surface area contributed by atoms with Crippen LogP contribution in [0.1, 0.15) is 90.0 Å².